The van der Waals surface area contributed by atoms with Gasteiger partial charge in [-0.2, -0.15) is 0 Å². The number of benzene rings is 2. The maximum Gasteiger partial charge on any atom is 0.237 e. The van der Waals surface area contributed by atoms with Gasteiger partial charge in [-0.25, -0.2) is 0 Å². The van der Waals surface area contributed by atoms with Crippen molar-refractivity contribution < 1.29 is 4.79 Å². The minimum Gasteiger partial charge on any atom is -0.351 e. The maximum atomic E-state index is 12.1. The van der Waals surface area contributed by atoms with Crippen molar-refractivity contribution in [1.29, 1.82) is 0 Å². The van der Waals surface area contributed by atoms with Gasteiger partial charge in [0.05, 0.1) is 6.04 Å². The zero-order chi connectivity index (χ0) is 13.8. The van der Waals surface area contributed by atoms with E-state index in [2.05, 4.69) is 34.9 Å². The van der Waals surface area contributed by atoms with Crippen LogP contribution in [0.2, 0.25) is 0 Å². The average Bonchev–Trinajstić information content (AvgIpc) is 2.53. The molecule has 3 nitrogen and oxygen atoms in total. The first-order valence-corrected chi connectivity index (χ1v) is 7.32. The normalized spacial score (nSPS) is 18.9. The molecule has 0 aliphatic carbocycles. The molecule has 1 aliphatic rings. The van der Waals surface area contributed by atoms with Crippen LogP contribution in [0.25, 0.3) is 10.8 Å². The van der Waals surface area contributed by atoms with Crippen molar-refractivity contribution in [3.63, 3.8) is 0 Å². The minimum atomic E-state index is -0.0151. The van der Waals surface area contributed by atoms with Gasteiger partial charge in [0, 0.05) is 6.54 Å². The number of nitrogens with one attached hydrogen (secondary N) is 2. The van der Waals surface area contributed by atoms with E-state index in [1.165, 1.54) is 22.8 Å². The summed E-state index contributed by atoms with van der Waals surface area (Å²) >= 11 is 0. The van der Waals surface area contributed by atoms with Crippen LogP contribution in [0.1, 0.15) is 24.8 Å². The van der Waals surface area contributed by atoms with Gasteiger partial charge in [-0.05, 0) is 35.7 Å². The predicted octanol–water partition coefficient (Wildman–Crippen LogP) is 2.60. The molecule has 2 aromatic rings. The quantitative estimate of drug-likeness (QED) is 0.898. The summed E-state index contributed by atoms with van der Waals surface area (Å²) < 4.78 is 0. The van der Waals surface area contributed by atoms with E-state index >= 15 is 0 Å². The second kappa shape index (κ2) is 6.06. The Balaban J connectivity index is 1.69. The monoisotopic (exact) mass is 268 g/mol. The lowest BCUT2D eigenvalue weighted by Crippen LogP contribution is -2.46. The van der Waals surface area contributed by atoms with Crippen molar-refractivity contribution >= 4 is 16.7 Å². The molecule has 0 aromatic heterocycles. The van der Waals surface area contributed by atoms with Gasteiger partial charge in [-0.15, -0.1) is 0 Å². The molecule has 0 bridgehead atoms. The highest BCUT2D eigenvalue weighted by Gasteiger charge is 2.19. The summed E-state index contributed by atoms with van der Waals surface area (Å²) in [6, 6.07) is 14.5. The van der Waals surface area contributed by atoms with Gasteiger partial charge < -0.3 is 10.6 Å². The molecule has 1 saturated heterocycles. The van der Waals surface area contributed by atoms with Crippen LogP contribution in [0, 0.1) is 0 Å². The van der Waals surface area contributed by atoms with E-state index in [9.17, 15) is 4.79 Å². The molecule has 3 heteroatoms. The molecule has 1 aliphatic heterocycles. The first-order chi connectivity index (χ1) is 9.84. The molecule has 2 aromatic carbocycles. The Morgan fingerprint density at radius 1 is 1.15 bits per heavy atom. The topological polar surface area (TPSA) is 41.1 Å². The second-order valence-electron chi connectivity index (χ2n) is 5.36. The SMILES string of the molecule is O=C(NCc1cccc2ccccc12)[C@@H]1CCCCN1. The number of fused-ring (bicyclic) bond motifs is 1. The Morgan fingerprint density at radius 3 is 2.85 bits per heavy atom. The number of amides is 1. The third-order valence-corrected chi connectivity index (χ3v) is 3.96. The van der Waals surface area contributed by atoms with Crippen molar-refractivity contribution in [3.05, 3.63) is 48.0 Å². The Morgan fingerprint density at radius 2 is 2.00 bits per heavy atom. The minimum absolute atomic E-state index is 0.0151. The van der Waals surface area contributed by atoms with E-state index in [0.717, 1.165) is 19.4 Å². The third-order valence-electron chi connectivity index (χ3n) is 3.96. The van der Waals surface area contributed by atoms with Crippen LogP contribution in [-0.4, -0.2) is 18.5 Å². The van der Waals surface area contributed by atoms with E-state index in [1.807, 2.05) is 18.2 Å². The highest BCUT2D eigenvalue weighted by Crippen LogP contribution is 2.18. The number of carbonyl (C=O) groups excluding carboxylic acids is 1. The van der Waals surface area contributed by atoms with Gasteiger partial charge in [-0.3, -0.25) is 4.79 Å². The lowest BCUT2D eigenvalue weighted by atomic mass is 10.0. The Bertz CT molecular complexity index is 597. The first-order valence-electron chi connectivity index (χ1n) is 7.32. The van der Waals surface area contributed by atoms with Crippen LogP contribution in [-0.2, 0) is 11.3 Å². The van der Waals surface area contributed by atoms with Gasteiger partial charge in [0.25, 0.3) is 0 Å². The molecule has 3 rings (SSSR count). The molecule has 20 heavy (non-hydrogen) atoms. The molecule has 1 amide bonds. The summed E-state index contributed by atoms with van der Waals surface area (Å²) in [6.45, 7) is 1.55. The number of hydrogen-bond acceptors (Lipinski definition) is 2. The largest absolute Gasteiger partial charge is 0.351 e. The number of piperidine rings is 1. The Hall–Kier alpha value is -1.87. The summed E-state index contributed by atoms with van der Waals surface area (Å²) in [5.41, 5.74) is 1.17. The smallest absolute Gasteiger partial charge is 0.237 e. The fourth-order valence-corrected chi connectivity index (χ4v) is 2.83. The van der Waals surface area contributed by atoms with Crippen molar-refractivity contribution in [3.8, 4) is 0 Å². The average molecular weight is 268 g/mol. The van der Waals surface area contributed by atoms with Crippen molar-refractivity contribution in [2.75, 3.05) is 6.54 Å². The van der Waals surface area contributed by atoms with E-state index in [-0.39, 0.29) is 11.9 Å². The third kappa shape index (κ3) is 2.83. The Kier molecular flexibility index (Phi) is 3.97. The van der Waals surface area contributed by atoms with Crippen LogP contribution in [0.5, 0.6) is 0 Å². The van der Waals surface area contributed by atoms with Gasteiger partial charge in [-0.1, -0.05) is 48.9 Å². The van der Waals surface area contributed by atoms with Gasteiger partial charge in [0.15, 0.2) is 0 Å². The lowest BCUT2D eigenvalue weighted by molar-refractivity contribution is -0.123. The van der Waals surface area contributed by atoms with Gasteiger partial charge >= 0.3 is 0 Å². The summed E-state index contributed by atoms with van der Waals surface area (Å²) in [5, 5.41) is 8.77. The predicted molar refractivity (Wildman–Crippen MR) is 81.4 cm³/mol. The maximum absolute atomic E-state index is 12.1. The molecule has 1 fully saturated rings. The van der Waals surface area contributed by atoms with Crippen LogP contribution in [0.15, 0.2) is 42.5 Å². The van der Waals surface area contributed by atoms with E-state index in [0.29, 0.717) is 6.54 Å². The van der Waals surface area contributed by atoms with Crippen LogP contribution in [0.3, 0.4) is 0 Å². The molecule has 0 spiro atoms. The van der Waals surface area contributed by atoms with Crippen molar-refractivity contribution in [2.45, 2.75) is 31.8 Å². The van der Waals surface area contributed by atoms with E-state index in [1.54, 1.807) is 0 Å². The van der Waals surface area contributed by atoms with Crippen LogP contribution < -0.4 is 10.6 Å². The summed E-state index contributed by atoms with van der Waals surface area (Å²) in [5.74, 6) is 0.123. The van der Waals surface area contributed by atoms with E-state index < -0.39 is 0 Å². The molecule has 0 saturated carbocycles. The summed E-state index contributed by atoms with van der Waals surface area (Å²) in [6.07, 6.45) is 3.26. The van der Waals surface area contributed by atoms with Crippen molar-refractivity contribution in [2.24, 2.45) is 0 Å². The number of hydrogen-bond donors (Lipinski definition) is 2. The summed E-state index contributed by atoms with van der Waals surface area (Å²) in [4.78, 5) is 12.1. The molecule has 1 atom stereocenters. The zero-order valence-corrected chi connectivity index (χ0v) is 11.6. The molecular weight excluding hydrogens is 248 g/mol. The molecular formula is C17H20N2O. The molecule has 104 valence electrons. The fourth-order valence-electron chi connectivity index (χ4n) is 2.83. The summed E-state index contributed by atoms with van der Waals surface area (Å²) in [7, 11) is 0. The van der Waals surface area contributed by atoms with E-state index in [4.69, 9.17) is 0 Å². The highest BCUT2D eigenvalue weighted by atomic mass is 16.2. The molecule has 0 unspecified atom stereocenters. The Labute approximate surface area is 119 Å². The van der Waals surface area contributed by atoms with Crippen LogP contribution in [0.4, 0.5) is 0 Å². The zero-order valence-electron chi connectivity index (χ0n) is 11.6. The second-order valence-corrected chi connectivity index (χ2v) is 5.36. The van der Waals surface area contributed by atoms with Gasteiger partial charge in [0.1, 0.15) is 0 Å². The first kappa shape index (κ1) is 13.1. The standard InChI is InChI=1S/C17H20N2O/c20-17(16-10-3-4-11-18-16)19-12-14-8-5-7-13-6-1-2-9-15(13)14/h1-2,5-9,16,18H,3-4,10-12H2,(H,19,20)/t16-/m0/s1. The molecule has 0 radical (unpaired) electrons. The molecule has 1 heterocycles. The number of rotatable bonds is 3. The lowest BCUT2D eigenvalue weighted by Gasteiger charge is -2.22. The fraction of sp³-hybridized carbons (Fsp3) is 0.353. The number of carbonyl (C=O) groups is 1. The molecule has 2 N–H and O–H groups in total. The highest BCUT2D eigenvalue weighted by molar-refractivity contribution is 5.86. The van der Waals surface area contributed by atoms with Crippen molar-refractivity contribution in [1.82, 2.24) is 10.6 Å². The van der Waals surface area contributed by atoms with Gasteiger partial charge in [0.2, 0.25) is 5.91 Å². The van der Waals surface area contributed by atoms with Crippen LogP contribution >= 0.6 is 0 Å².